The number of hydrogen-bond acceptors (Lipinski definition) is 5. The van der Waals surface area contributed by atoms with Crippen molar-refractivity contribution >= 4 is 29.0 Å². The summed E-state index contributed by atoms with van der Waals surface area (Å²) in [6.07, 6.45) is 0. The average molecular weight is 308 g/mol. The number of para-hydroxylation sites is 1. The number of carbonyl (C=O) groups is 1. The van der Waals surface area contributed by atoms with Crippen molar-refractivity contribution in [3.63, 3.8) is 0 Å². The van der Waals surface area contributed by atoms with Crippen molar-refractivity contribution in [2.24, 2.45) is 0 Å². The van der Waals surface area contributed by atoms with Gasteiger partial charge < -0.3 is 10.1 Å². The summed E-state index contributed by atoms with van der Waals surface area (Å²) in [7, 11) is 1.26. The minimum absolute atomic E-state index is 0.0356. The van der Waals surface area contributed by atoms with E-state index in [0.717, 1.165) is 0 Å². The highest BCUT2D eigenvalue weighted by Gasteiger charge is 2.22. The Kier molecular flexibility index (Phi) is 4.34. The van der Waals surface area contributed by atoms with Crippen molar-refractivity contribution in [2.45, 2.75) is 0 Å². The number of amides is 1. The number of carbonyl (C=O) groups excluding carboxylic acids is 1. The van der Waals surface area contributed by atoms with E-state index in [-0.39, 0.29) is 28.0 Å². The molecule has 0 saturated carbocycles. The number of ether oxygens (including phenoxy) is 1. The van der Waals surface area contributed by atoms with Crippen LogP contribution in [0, 0.1) is 10.1 Å². The molecule has 2 aromatic rings. The fourth-order valence-corrected chi connectivity index (χ4v) is 1.89. The van der Waals surface area contributed by atoms with Crippen molar-refractivity contribution in [2.75, 3.05) is 12.4 Å². The summed E-state index contributed by atoms with van der Waals surface area (Å²) in [5, 5.41) is 13.6. The van der Waals surface area contributed by atoms with Crippen LogP contribution in [0.2, 0.25) is 5.15 Å². The highest BCUT2D eigenvalue weighted by Crippen LogP contribution is 2.30. The number of nitrogens with one attached hydrogen (secondary N) is 1. The molecule has 108 valence electrons. The second kappa shape index (κ2) is 6.19. The maximum atomic E-state index is 12.2. The predicted molar refractivity (Wildman–Crippen MR) is 76.8 cm³/mol. The lowest BCUT2D eigenvalue weighted by molar-refractivity contribution is -0.385. The Bertz CT molecular complexity index is 706. The van der Waals surface area contributed by atoms with Crippen LogP contribution in [0.5, 0.6) is 5.75 Å². The molecular weight excluding hydrogens is 298 g/mol. The van der Waals surface area contributed by atoms with Crippen molar-refractivity contribution in [3.8, 4) is 5.75 Å². The summed E-state index contributed by atoms with van der Waals surface area (Å²) < 4.78 is 4.97. The van der Waals surface area contributed by atoms with Gasteiger partial charge in [-0.25, -0.2) is 4.98 Å². The Hall–Kier alpha value is -2.67. The quantitative estimate of drug-likeness (QED) is 0.532. The number of rotatable bonds is 4. The van der Waals surface area contributed by atoms with Crippen molar-refractivity contribution in [1.82, 2.24) is 4.98 Å². The molecule has 0 aliphatic heterocycles. The first-order valence-electron chi connectivity index (χ1n) is 5.78. The summed E-state index contributed by atoms with van der Waals surface area (Å²) in [6, 6.07) is 8.81. The third-order valence-corrected chi connectivity index (χ3v) is 2.81. The molecule has 2 rings (SSSR count). The molecule has 1 aromatic heterocycles. The van der Waals surface area contributed by atoms with Crippen molar-refractivity contribution < 1.29 is 14.5 Å². The molecule has 0 bridgehead atoms. The predicted octanol–water partition coefficient (Wildman–Crippen LogP) is 2.90. The van der Waals surface area contributed by atoms with Crippen LogP contribution in [0.15, 0.2) is 36.4 Å². The Morgan fingerprint density at radius 3 is 2.67 bits per heavy atom. The summed E-state index contributed by atoms with van der Waals surface area (Å²) in [4.78, 5) is 26.4. The van der Waals surface area contributed by atoms with E-state index in [9.17, 15) is 14.9 Å². The average Bonchev–Trinajstić information content (AvgIpc) is 2.46. The fraction of sp³-hybridized carbons (Fsp3) is 0.0769. The van der Waals surface area contributed by atoms with Crippen LogP contribution in [-0.2, 0) is 0 Å². The number of hydrogen-bond donors (Lipinski definition) is 1. The topological polar surface area (TPSA) is 94.4 Å². The Labute approximate surface area is 124 Å². The smallest absolute Gasteiger partial charge is 0.311 e. The van der Waals surface area contributed by atoms with Crippen molar-refractivity contribution in [1.29, 1.82) is 0 Å². The Morgan fingerprint density at radius 2 is 2.05 bits per heavy atom. The second-order valence-electron chi connectivity index (χ2n) is 3.91. The summed E-state index contributed by atoms with van der Waals surface area (Å²) in [5.41, 5.74) is -0.252. The standard InChI is InChI=1S/C13H10ClN3O4/c1-21-12-8(4-2-5-9(12)17(19)20)13(18)16-11-7-3-6-10(14)15-11/h2-7H,1H3,(H,15,16,18). The molecule has 0 atom stereocenters. The summed E-state index contributed by atoms with van der Waals surface area (Å²) in [5.74, 6) is -0.451. The van der Waals surface area contributed by atoms with E-state index in [4.69, 9.17) is 16.3 Å². The van der Waals surface area contributed by atoms with Crippen molar-refractivity contribution in [3.05, 3.63) is 57.2 Å². The molecule has 0 aliphatic rings. The minimum atomic E-state index is -0.618. The minimum Gasteiger partial charge on any atom is -0.490 e. The number of nitro benzene ring substituents is 1. The van der Waals surface area contributed by atoms with Gasteiger partial charge in [-0.15, -0.1) is 0 Å². The number of benzene rings is 1. The third kappa shape index (κ3) is 3.26. The summed E-state index contributed by atoms with van der Waals surface area (Å²) >= 11 is 5.72. The molecule has 8 heteroatoms. The first kappa shape index (κ1) is 14.7. The number of nitro groups is 1. The zero-order chi connectivity index (χ0) is 15.4. The molecule has 0 saturated heterocycles. The first-order chi connectivity index (χ1) is 10.0. The van der Waals surface area contributed by atoms with Gasteiger partial charge in [0.05, 0.1) is 17.6 Å². The van der Waals surface area contributed by atoms with Gasteiger partial charge in [0.2, 0.25) is 5.75 Å². The molecular formula is C13H10ClN3O4. The first-order valence-corrected chi connectivity index (χ1v) is 6.16. The van der Waals surface area contributed by atoms with Crippen LogP contribution >= 0.6 is 11.6 Å². The molecule has 0 fully saturated rings. The van der Waals surface area contributed by atoms with Crippen LogP contribution in [-0.4, -0.2) is 22.9 Å². The fourth-order valence-electron chi connectivity index (χ4n) is 1.72. The van der Waals surface area contributed by atoms with Crippen LogP contribution in [0.3, 0.4) is 0 Å². The highest BCUT2D eigenvalue weighted by atomic mass is 35.5. The van der Waals surface area contributed by atoms with Gasteiger partial charge in [-0.05, 0) is 18.2 Å². The number of methoxy groups -OCH3 is 1. The molecule has 1 aromatic carbocycles. The lowest BCUT2D eigenvalue weighted by Gasteiger charge is -2.09. The van der Waals surface area contributed by atoms with Gasteiger partial charge in [0.1, 0.15) is 11.0 Å². The number of nitrogens with zero attached hydrogens (tertiary/aromatic N) is 2. The monoisotopic (exact) mass is 307 g/mol. The van der Waals surface area contributed by atoms with E-state index >= 15 is 0 Å². The van der Waals surface area contributed by atoms with E-state index in [0.29, 0.717) is 0 Å². The third-order valence-electron chi connectivity index (χ3n) is 2.60. The van der Waals surface area contributed by atoms with Gasteiger partial charge in [0.25, 0.3) is 5.91 Å². The lowest BCUT2D eigenvalue weighted by Crippen LogP contribution is -2.14. The molecule has 0 unspecified atom stereocenters. The Balaban J connectivity index is 2.35. The lowest BCUT2D eigenvalue weighted by atomic mass is 10.1. The van der Waals surface area contributed by atoms with E-state index in [1.54, 1.807) is 18.2 Å². The highest BCUT2D eigenvalue weighted by molar-refractivity contribution is 6.29. The van der Waals surface area contributed by atoms with Crippen LogP contribution in [0.1, 0.15) is 10.4 Å². The second-order valence-corrected chi connectivity index (χ2v) is 4.30. The van der Waals surface area contributed by atoms with Crippen LogP contribution in [0.25, 0.3) is 0 Å². The number of aromatic nitrogens is 1. The van der Waals surface area contributed by atoms with Gasteiger partial charge in [-0.1, -0.05) is 23.7 Å². The van der Waals surface area contributed by atoms with Gasteiger partial charge in [0, 0.05) is 6.07 Å². The number of pyridine rings is 1. The van der Waals surface area contributed by atoms with Crippen LogP contribution < -0.4 is 10.1 Å². The normalized spacial score (nSPS) is 10.0. The zero-order valence-corrected chi connectivity index (χ0v) is 11.6. The van der Waals surface area contributed by atoms with E-state index in [1.165, 1.54) is 25.3 Å². The van der Waals surface area contributed by atoms with Gasteiger partial charge in [-0.3, -0.25) is 14.9 Å². The summed E-state index contributed by atoms with van der Waals surface area (Å²) in [6.45, 7) is 0. The maximum Gasteiger partial charge on any atom is 0.311 e. The molecule has 1 N–H and O–H groups in total. The van der Waals surface area contributed by atoms with Gasteiger partial charge in [0.15, 0.2) is 0 Å². The molecule has 0 aliphatic carbocycles. The van der Waals surface area contributed by atoms with E-state index in [2.05, 4.69) is 10.3 Å². The zero-order valence-electron chi connectivity index (χ0n) is 10.9. The number of anilines is 1. The number of halogens is 1. The Morgan fingerprint density at radius 1 is 1.33 bits per heavy atom. The maximum absolute atomic E-state index is 12.2. The van der Waals surface area contributed by atoms with Gasteiger partial charge in [-0.2, -0.15) is 0 Å². The molecule has 1 heterocycles. The van der Waals surface area contributed by atoms with E-state index in [1.807, 2.05) is 0 Å². The largest absolute Gasteiger partial charge is 0.490 e. The van der Waals surface area contributed by atoms with Gasteiger partial charge >= 0.3 is 5.69 Å². The molecule has 0 spiro atoms. The van der Waals surface area contributed by atoms with E-state index < -0.39 is 10.8 Å². The molecule has 1 amide bonds. The van der Waals surface area contributed by atoms with Crippen LogP contribution in [0.4, 0.5) is 11.5 Å². The SMILES string of the molecule is COc1c(C(=O)Nc2cccc(Cl)n2)cccc1[N+](=O)[O-]. The molecule has 0 radical (unpaired) electrons. The molecule has 21 heavy (non-hydrogen) atoms. The molecule has 7 nitrogen and oxygen atoms in total.